The average Bonchev–Trinajstić information content (AvgIpc) is 2.51. The second kappa shape index (κ2) is 12.1. The number of hydrogen-bond donors (Lipinski definition) is 0. The summed E-state index contributed by atoms with van der Waals surface area (Å²) in [5.41, 5.74) is 0. The smallest absolute Gasteiger partial charge is 0.310 e. The van der Waals surface area contributed by atoms with Gasteiger partial charge in [0, 0.05) is 19.3 Å². The summed E-state index contributed by atoms with van der Waals surface area (Å²) >= 11 is 0. The van der Waals surface area contributed by atoms with Gasteiger partial charge >= 0.3 is 17.9 Å². The molecular weight excluding hydrogens is 312 g/mol. The van der Waals surface area contributed by atoms with E-state index in [1.807, 2.05) is 13.8 Å². The van der Waals surface area contributed by atoms with Crippen molar-refractivity contribution in [1.29, 1.82) is 0 Å². The van der Waals surface area contributed by atoms with Crippen LogP contribution in [0.5, 0.6) is 0 Å². The summed E-state index contributed by atoms with van der Waals surface area (Å²) in [7, 11) is 0. The van der Waals surface area contributed by atoms with Gasteiger partial charge in [0.05, 0.1) is 18.8 Å². The van der Waals surface area contributed by atoms with Crippen molar-refractivity contribution in [2.24, 2.45) is 17.8 Å². The molecule has 0 fully saturated rings. The molecule has 0 radical (unpaired) electrons. The third kappa shape index (κ3) is 8.92. The van der Waals surface area contributed by atoms with Gasteiger partial charge in [-0.1, -0.05) is 33.6 Å². The molecule has 0 aliphatic rings. The van der Waals surface area contributed by atoms with Crippen LogP contribution in [0.2, 0.25) is 0 Å². The van der Waals surface area contributed by atoms with Crippen molar-refractivity contribution >= 4 is 17.9 Å². The van der Waals surface area contributed by atoms with Crippen LogP contribution < -0.4 is 0 Å². The minimum atomic E-state index is -0.431. The molecule has 0 saturated carbocycles. The molecule has 0 aromatic carbocycles. The molecule has 0 aromatic rings. The highest BCUT2D eigenvalue weighted by atomic mass is 16.5. The third-order valence-corrected chi connectivity index (χ3v) is 3.80. The Morgan fingerprint density at radius 3 is 1.75 bits per heavy atom. The first kappa shape index (κ1) is 21.6. The zero-order valence-corrected chi connectivity index (χ0v) is 14.4. The first-order valence-corrected chi connectivity index (χ1v) is 7.76. The fourth-order valence-corrected chi connectivity index (χ4v) is 2.56. The second-order valence-electron chi connectivity index (χ2n) is 5.53. The van der Waals surface area contributed by atoms with E-state index in [1.165, 1.54) is 0 Å². The lowest BCUT2D eigenvalue weighted by atomic mass is 9.77. The van der Waals surface area contributed by atoms with Crippen molar-refractivity contribution in [3.05, 3.63) is 38.5 Å². The van der Waals surface area contributed by atoms with E-state index in [-0.39, 0.29) is 43.0 Å². The molecule has 24 heavy (non-hydrogen) atoms. The molecular formula is C18H26O6. The highest BCUT2D eigenvalue weighted by Gasteiger charge is 2.29. The van der Waals surface area contributed by atoms with Crippen molar-refractivity contribution in [3.63, 3.8) is 0 Å². The standard InChI is InChI=1S/C18H26O6/c1-6-22-16(19)10-9-13(4)15(12-18(21)24-8-3)14(5)11-17(20)23-7-2/h6-8,13-15H,1-3,9-12H2,4-5H3. The Morgan fingerprint density at radius 1 is 0.792 bits per heavy atom. The van der Waals surface area contributed by atoms with Gasteiger partial charge in [-0.3, -0.25) is 14.4 Å². The molecule has 6 nitrogen and oxygen atoms in total. The molecule has 3 unspecified atom stereocenters. The molecule has 0 aromatic heterocycles. The molecule has 0 heterocycles. The quantitative estimate of drug-likeness (QED) is 0.308. The summed E-state index contributed by atoms with van der Waals surface area (Å²) < 4.78 is 14.2. The van der Waals surface area contributed by atoms with Crippen LogP contribution in [0.4, 0.5) is 0 Å². The van der Waals surface area contributed by atoms with Crippen molar-refractivity contribution in [3.8, 4) is 0 Å². The summed E-state index contributed by atoms with van der Waals surface area (Å²) in [6, 6.07) is 0. The molecule has 0 N–H and O–H groups in total. The Balaban J connectivity index is 4.87. The average molecular weight is 338 g/mol. The van der Waals surface area contributed by atoms with Crippen LogP contribution >= 0.6 is 0 Å². The van der Waals surface area contributed by atoms with Gasteiger partial charge in [-0.15, -0.1) is 0 Å². The van der Waals surface area contributed by atoms with Crippen LogP contribution in [0, 0.1) is 17.8 Å². The molecule has 134 valence electrons. The van der Waals surface area contributed by atoms with Gasteiger partial charge in [-0.25, -0.2) is 0 Å². The van der Waals surface area contributed by atoms with Gasteiger partial charge < -0.3 is 14.2 Å². The number of hydrogen-bond acceptors (Lipinski definition) is 6. The summed E-state index contributed by atoms with van der Waals surface area (Å²) in [6.07, 6.45) is 4.20. The normalized spacial score (nSPS) is 13.8. The van der Waals surface area contributed by atoms with Crippen LogP contribution in [0.25, 0.3) is 0 Å². The highest BCUT2D eigenvalue weighted by Crippen LogP contribution is 2.31. The first-order valence-electron chi connectivity index (χ1n) is 7.76. The van der Waals surface area contributed by atoms with Gasteiger partial charge in [0.25, 0.3) is 0 Å². The van der Waals surface area contributed by atoms with E-state index in [0.29, 0.717) is 6.42 Å². The minimum absolute atomic E-state index is 0.00809. The maximum absolute atomic E-state index is 11.8. The van der Waals surface area contributed by atoms with Gasteiger partial charge in [-0.2, -0.15) is 0 Å². The van der Waals surface area contributed by atoms with Crippen molar-refractivity contribution in [2.75, 3.05) is 0 Å². The predicted octanol–water partition coefficient (Wildman–Crippen LogP) is 3.50. The maximum atomic E-state index is 11.8. The first-order chi connectivity index (χ1) is 11.3. The zero-order chi connectivity index (χ0) is 18.5. The SMILES string of the molecule is C=COC(=O)CCC(C)C(CC(=O)OC=C)C(C)CC(=O)OC=C. The number of carbonyl (C=O) groups is 3. The van der Waals surface area contributed by atoms with Gasteiger partial charge in [0.2, 0.25) is 0 Å². The van der Waals surface area contributed by atoms with Crippen molar-refractivity contribution in [2.45, 2.75) is 39.5 Å². The molecule has 0 bridgehead atoms. The summed E-state index contributed by atoms with van der Waals surface area (Å²) in [5.74, 6) is -1.54. The minimum Gasteiger partial charge on any atom is -0.435 e. The van der Waals surface area contributed by atoms with E-state index in [2.05, 4.69) is 24.5 Å². The number of esters is 3. The van der Waals surface area contributed by atoms with Crippen LogP contribution in [0.3, 0.4) is 0 Å². The van der Waals surface area contributed by atoms with Gasteiger partial charge in [0.1, 0.15) is 0 Å². The molecule has 0 amide bonds. The molecule has 0 saturated heterocycles. The Morgan fingerprint density at radius 2 is 1.25 bits per heavy atom. The third-order valence-electron chi connectivity index (χ3n) is 3.80. The fourth-order valence-electron chi connectivity index (χ4n) is 2.56. The van der Waals surface area contributed by atoms with Crippen molar-refractivity contribution < 1.29 is 28.6 Å². The van der Waals surface area contributed by atoms with Crippen LogP contribution in [0.1, 0.15) is 39.5 Å². The van der Waals surface area contributed by atoms with E-state index < -0.39 is 11.9 Å². The van der Waals surface area contributed by atoms with Crippen LogP contribution in [0.15, 0.2) is 38.5 Å². The number of ether oxygens (including phenoxy) is 3. The molecule has 0 rings (SSSR count). The lowest BCUT2D eigenvalue weighted by molar-refractivity contribution is -0.143. The Labute approximate surface area is 143 Å². The van der Waals surface area contributed by atoms with Crippen LogP contribution in [-0.2, 0) is 28.6 Å². The monoisotopic (exact) mass is 338 g/mol. The molecule has 0 aliphatic carbocycles. The maximum Gasteiger partial charge on any atom is 0.310 e. The predicted molar refractivity (Wildman–Crippen MR) is 89.2 cm³/mol. The van der Waals surface area contributed by atoms with E-state index in [9.17, 15) is 14.4 Å². The van der Waals surface area contributed by atoms with E-state index in [1.54, 1.807) is 0 Å². The zero-order valence-electron chi connectivity index (χ0n) is 14.4. The topological polar surface area (TPSA) is 78.9 Å². The molecule has 0 aliphatic heterocycles. The van der Waals surface area contributed by atoms with Gasteiger partial charge in [0.15, 0.2) is 0 Å². The number of rotatable bonds is 12. The molecule has 0 spiro atoms. The second-order valence-corrected chi connectivity index (χ2v) is 5.53. The summed E-state index contributed by atoms with van der Waals surface area (Å²) in [4.78, 5) is 34.9. The van der Waals surface area contributed by atoms with Gasteiger partial charge in [-0.05, 0) is 24.2 Å². The van der Waals surface area contributed by atoms with Crippen LogP contribution in [-0.4, -0.2) is 17.9 Å². The van der Waals surface area contributed by atoms with E-state index >= 15 is 0 Å². The molecule has 3 atom stereocenters. The highest BCUT2D eigenvalue weighted by molar-refractivity contribution is 5.72. The lowest BCUT2D eigenvalue weighted by Gasteiger charge is -2.28. The largest absolute Gasteiger partial charge is 0.435 e. The fraction of sp³-hybridized carbons (Fsp3) is 0.500. The van der Waals surface area contributed by atoms with Crippen molar-refractivity contribution in [1.82, 2.24) is 0 Å². The Kier molecular flexibility index (Phi) is 10.9. The Bertz CT molecular complexity index is 468. The lowest BCUT2D eigenvalue weighted by Crippen LogP contribution is -2.26. The molecule has 6 heteroatoms. The Hall–Kier alpha value is -2.37. The number of carbonyl (C=O) groups excluding carboxylic acids is 3. The summed E-state index contributed by atoms with van der Waals surface area (Å²) in [5, 5.41) is 0. The van der Waals surface area contributed by atoms with E-state index in [0.717, 1.165) is 18.8 Å². The van der Waals surface area contributed by atoms with E-state index in [4.69, 9.17) is 9.47 Å². The summed E-state index contributed by atoms with van der Waals surface area (Å²) in [6.45, 7) is 13.8.